The lowest BCUT2D eigenvalue weighted by Gasteiger charge is -2.31. The molecule has 1 unspecified atom stereocenters. The molecule has 0 saturated carbocycles. The van der Waals surface area contributed by atoms with E-state index in [-0.39, 0.29) is 18.2 Å². The number of nitrogen functional groups attached to an aromatic ring is 1. The van der Waals surface area contributed by atoms with E-state index in [0.717, 1.165) is 41.1 Å². The highest BCUT2D eigenvalue weighted by Gasteiger charge is 2.26. The van der Waals surface area contributed by atoms with Crippen molar-refractivity contribution in [2.45, 2.75) is 32.2 Å². The summed E-state index contributed by atoms with van der Waals surface area (Å²) in [7, 11) is 1.60. The number of rotatable bonds is 5. The molecule has 1 atom stereocenters. The number of ether oxygens (including phenoxy) is 1. The predicted molar refractivity (Wildman–Crippen MR) is 106 cm³/mol. The Morgan fingerprint density at radius 3 is 2.63 bits per heavy atom. The van der Waals surface area contributed by atoms with Crippen LogP contribution in [0.1, 0.15) is 36.9 Å². The van der Waals surface area contributed by atoms with Gasteiger partial charge in [-0.15, -0.1) is 0 Å². The van der Waals surface area contributed by atoms with E-state index in [2.05, 4.69) is 5.32 Å². The van der Waals surface area contributed by atoms with Gasteiger partial charge in [-0.25, -0.2) is 0 Å². The molecule has 0 aliphatic carbocycles. The van der Waals surface area contributed by atoms with Gasteiger partial charge in [0.25, 0.3) is 0 Å². The van der Waals surface area contributed by atoms with E-state index >= 15 is 0 Å². The molecule has 1 aliphatic rings. The van der Waals surface area contributed by atoms with E-state index in [1.54, 1.807) is 12.0 Å². The third-order valence-electron chi connectivity index (χ3n) is 4.86. The molecule has 0 aromatic heterocycles. The average Bonchev–Trinajstić information content (AvgIpc) is 2.67. The van der Waals surface area contributed by atoms with Crippen molar-refractivity contribution in [1.29, 1.82) is 0 Å². The molecular weight excluding hydrogens is 342 g/mol. The van der Waals surface area contributed by atoms with Crippen molar-refractivity contribution in [2.75, 3.05) is 24.3 Å². The number of methoxy groups -OCH3 is 1. The maximum absolute atomic E-state index is 13.1. The lowest BCUT2D eigenvalue weighted by atomic mass is 9.98. The van der Waals surface area contributed by atoms with Gasteiger partial charge in [-0.05, 0) is 48.2 Å². The van der Waals surface area contributed by atoms with Crippen molar-refractivity contribution in [3.05, 3.63) is 53.6 Å². The fraction of sp³-hybridized carbons (Fsp3) is 0.333. The highest BCUT2D eigenvalue weighted by atomic mass is 16.5. The van der Waals surface area contributed by atoms with Gasteiger partial charge in [0.15, 0.2) is 0 Å². The lowest BCUT2D eigenvalue weighted by molar-refractivity contribution is -0.121. The smallest absolute Gasteiger partial charge is 0.229 e. The first-order valence-electron chi connectivity index (χ1n) is 9.08. The normalized spacial score (nSPS) is 14.2. The average molecular weight is 367 g/mol. The zero-order chi connectivity index (χ0) is 19.4. The van der Waals surface area contributed by atoms with Crippen LogP contribution in [0.4, 0.5) is 11.4 Å². The van der Waals surface area contributed by atoms with E-state index in [1.807, 2.05) is 42.5 Å². The summed E-state index contributed by atoms with van der Waals surface area (Å²) in [5.41, 5.74) is 9.57. The number of fused-ring (bicyclic) bond motifs is 1. The van der Waals surface area contributed by atoms with E-state index in [0.29, 0.717) is 6.54 Å². The first kappa shape index (κ1) is 18.8. The van der Waals surface area contributed by atoms with Crippen LogP contribution in [-0.2, 0) is 16.0 Å². The molecule has 3 rings (SSSR count). The first-order valence-corrected chi connectivity index (χ1v) is 9.08. The maximum Gasteiger partial charge on any atom is 0.229 e. The summed E-state index contributed by atoms with van der Waals surface area (Å²) in [6.07, 6.45) is 1.93. The number of benzene rings is 2. The Balaban J connectivity index is 1.83. The van der Waals surface area contributed by atoms with Crippen molar-refractivity contribution < 1.29 is 14.3 Å². The van der Waals surface area contributed by atoms with Gasteiger partial charge in [0, 0.05) is 24.8 Å². The van der Waals surface area contributed by atoms with Crippen molar-refractivity contribution in [3.63, 3.8) is 0 Å². The Bertz CT molecular complexity index is 833. The highest BCUT2D eigenvalue weighted by molar-refractivity contribution is 5.96. The molecule has 27 heavy (non-hydrogen) atoms. The molecule has 142 valence electrons. The van der Waals surface area contributed by atoms with E-state index in [4.69, 9.17) is 10.5 Å². The minimum atomic E-state index is -0.396. The standard InChI is InChI=1S/C21H25N3O3/c1-14(25)23-19(15-8-10-16(27-2)11-9-15)13-21(26)24-12-4-5-17-18(22)6-3-7-20(17)24/h3,6-11,19H,4-5,12-13,22H2,1-2H3,(H,23,25). The van der Waals surface area contributed by atoms with Gasteiger partial charge in [0.05, 0.1) is 19.6 Å². The molecule has 0 bridgehead atoms. The van der Waals surface area contributed by atoms with E-state index in [9.17, 15) is 9.59 Å². The zero-order valence-electron chi connectivity index (χ0n) is 15.7. The molecule has 2 aromatic carbocycles. The second-order valence-electron chi connectivity index (χ2n) is 6.72. The minimum absolute atomic E-state index is 0.0314. The number of hydrogen-bond donors (Lipinski definition) is 2. The second-order valence-corrected chi connectivity index (χ2v) is 6.72. The molecule has 0 spiro atoms. The van der Waals surface area contributed by atoms with Gasteiger partial charge >= 0.3 is 0 Å². The van der Waals surface area contributed by atoms with Gasteiger partial charge < -0.3 is 20.7 Å². The third-order valence-corrected chi connectivity index (χ3v) is 4.86. The molecule has 0 saturated heterocycles. The predicted octanol–water partition coefficient (Wildman–Crippen LogP) is 2.82. The number of nitrogens with two attached hydrogens (primary N) is 1. The summed E-state index contributed by atoms with van der Waals surface area (Å²) >= 11 is 0. The summed E-state index contributed by atoms with van der Waals surface area (Å²) in [6.45, 7) is 2.11. The number of nitrogens with zero attached hydrogens (tertiary/aromatic N) is 1. The van der Waals surface area contributed by atoms with Crippen molar-refractivity contribution in [3.8, 4) is 5.75 Å². The highest BCUT2D eigenvalue weighted by Crippen LogP contribution is 2.32. The molecule has 0 radical (unpaired) electrons. The summed E-state index contributed by atoms with van der Waals surface area (Å²) in [5.74, 6) is 0.523. The number of anilines is 2. The molecule has 2 amide bonds. The van der Waals surface area contributed by atoms with Crippen LogP contribution in [0, 0.1) is 0 Å². The molecule has 1 aliphatic heterocycles. The van der Waals surface area contributed by atoms with Crippen LogP contribution in [0.25, 0.3) is 0 Å². The van der Waals surface area contributed by atoms with Crippen LogP contribution in [-0.4, -0.2) is 25.5 Å². The van der Waals surface area contributed by atoms with Crippen LogP contribution >= 0.6 is 0 Å². The van der Waals surface area contributed by atoms with Gasteiger partial charge in [-0.2, -0.15) is 0 Å². The zero-order valence-corrected chi connectivity index (χ0v) is 15.7. The van der Waals surface area contributed by atoms with Crippen molar-refractivity contribution in [1.82, 2.24) is 5.32 Å². The Hall–Kier alpha value is -3.02. The number of amides is 2. The fourth-order valence-electron chi connectivity index (χ4n) is 3.53. The van der Waals surface area contributed by atoms with Gasteiger partial charge in [0.1, 0.15) is 5.75 Å². The molecule has 3 N–H and O–H groups in total. The molecule has 2 aromatic rings. The summed E-state index contributed by atoms with van der Waals surface area (Å²) in [6, 6.07) is 12.7. The van der Waals surface area contributed by atoms with Crippen molar-refractivity contribution in [2.24, 2.45) is 0 Å². The number of carbonyl (C=O) groups is 2. The molecule has 0 fully saturated rings. The Kier molecular flexibility index (Phi) is 5.64. The monoisotopic (exact) mass is 367 g/mol. The van der Waals surface area contributed by atoms with Gasteiger partial charge in [-0.3, -0.25) is 9.59 Å². The minimum Gasteiger partial charge on any atom is -0.497 e. The lowest BCUT2D eigenvalue weighted by Crippen LogP contribution is -2.39. The van der Waals surface area contributed by atoms with Gasteiger partial charge in [-0.1, -0.05) is 18.2 Å². The fourth-order valence-corrected chi connectivity index (χ4v) is 3.53. The van der Waals surface area contributed by atoms with Crippen LogP contribution < -0.4 is 20.7 Å². The summed E-state index contributed by atoms with van der Waals surface area (Å²) in [4.78, 5) is 26.5. The summed E-state index contributed by atoms with van der Waals surface area (Å²) in [5, 5.41) is 2.89. The van der Waals surface area contributed by atoms with Crippen LogP contribution in [0.5, 0.6) is 5.75 Å². The SMILES string of the molecule is COc1ccc(C(CC(=O)N2CCCc3c(N)cccc32)NC(C)=O)cc1. The molecular formula is C21H25N3O3. The topological polar surface area (TPSA) is 84.7 Å². The molecule has 1 heterocycles. The van der Waals surface area contributed by atoms with Crippen molar-refractivity contribution >= 4 is 23.2 Å². The van der Waals surface area contributed by atoms with E-state index in [1.165, 1.54) is 6.92 Å². The number of hydrogen-bond acceptors (Lipinski definition) is 4. The second kappa shape index (κ2) is 8.12. The first-order chi connectivity index (χ1) is 13.0. The Morgan fingerprint density at radius 1 is 1.22 bits per heavy atom. The van der Waals surface area contributed by atoms with Gasteiger partial charge in [0.2, 0.25) is 11.8 Å². The number of carbonyl (C=O) groups excluding carboxylic acids is 2. The third kappa shape index (κ3) is 4.22. The van der Waals surface area contributed by atoms with Crippen LogP contribution in [0.15, 0.2) is 42.5 Å². The molecule has 6 heteroatoms. The quantitative estimate of drug-likeness (QED) is 0.796. The maximum atomic E-state index is 13.1. The van der Waals surface area contributed by atoms with Crippen LogP contribution in [0.3, 0.4) is 0 Å². The Morgan fingerprint density at radius 2 is 1.96 bits per heavy atom. The number of nitrogens with one attached hydrogen (secondary N) is 1. The largest absolute Gasteiger partial charge is 0.497 e. The Labute approximate surface area is 159 Å². The summed E-state index contributed by atoms with van der Waals surface area (Å²) < 4.78 is 5.18. The van der Waals surface area contributed by atoms with E-state index < -0.39 is 6.04 Å². The molecule has 6 nitrogen and oxygen atoms in total. The van der Waals surface area contributed by atoms with Crippen LogP contribution in [0.2, 0.25) is 0 Å².